The van der Waals surface area contributed by atoms with E-state index in [1.165, 1.54) is 28.4 Å². The number of hydrogen-bond acceptors (Lipinski definition) is 5. The van der Waals surface area contributed by atoms with E-state index < -0.39 is 16.1 Å². The average molecular weight is 395 g/mol. The van der Waals surface area contributed by atoms with Gasteiger partial charge in [-0.05, 0) is 38.8 Å². The Hall–Kier alpha value is -2.13. The highest BCUT2D eigenvalue weighted by Crippen LogP contribution is 2.35. The van der Waals surface area contributed by atoms with Gasteiger partial charge >= 0.3 is 6.03 Å². The van der Waals surface area contributed by atoms with Crippen molar-refractivity contribution in [3.8, 4) is 5.75 Å². The Morgan fingerprint density at radius 2 is 1.74 bits per heavy atom. The van der Waals surface area contributed by atoms with Crippen molar-refractivity contribution in [2.24, 2.45) is 0 Å². The quantitative estimate of drug-likeness (QED) is 0.712. The van der Waals surface area contributed by atoms with Crippen molar-refractivity contribution in [1.29, 1.82) is 0 Å². The molecule has 3 rings (SSSR count). The summed E-state index contributed by atoms with van der Waals surface area (Å²) in [6.07, 6.45) is 2.51. The lowest BCUT2D eigenvalue weighted by Gasteiger charge is -2.27. The Bertz CT molecular complexity index is 847. The van der Waals surface area contributed by atoms with E-state index in [4.69, 9.17) is 4.74 Å². The molecular formula is C18H25N3O5S. The number of piperidine rings is 1. The van der Waals surface area contributed by atoms with E-state index in [-0.39, 0.29) is 29.2 Å². The second kappa shape index (κ2) is 7.47. The first-order chi connectivity index (χ1) is 12.7. The van der Waals surface area contributed by atoms with Crippen LogP contribution in [-0.4, -0.2) is 62.3 Å². The van der Waals surface area contributed by atoms with Crippen LogP contribution in [0.15, 0.2) is 23.1 Å². The molecule has 3 amide bonds. The van der Waals surface area contributed by atoms with Crippen LogP contribution < -0.4 is 9.64 Å². The molecule has 148 valence electrons. The maximum absolute atomic E-state index is 13.0. The molecule has 0 aromatic heterocycles. The summed E-state index contributed by atoms with van der Waals surface area (Å²) < 4.78 is 33.2. The van der Waals surface area contributed by atoms with Gasteiger partial charge in [0.25, 0.3) is 0 Å². The number of anilines is 1. The van der Waals surface area contributed by atoms with E-state index in [0.717, 1.165) is 24.2 Å². The predicted molar refractivity (Wildman–Crippen MR) is 100 cm³/mol. The maximum Gasteiger partial charge on any atom is 0.331 e. The van der Waals surface area contributed by atoms with Gasteiger partial charge in [0.2, 0.25) is 15.9 Å². The van der Waals surface area contributed by atoms with Gasteiger partial charge in [-0.3, -0.25) is 14.6 Å². The summed E-state index contributed by atoms with van der Waals surface area (Å²) in [7, 11) is -2.20. The number of rotatable bonds is 5. The van der Waals surface area contributed by atoms with Gasteiger partial charge in [-0.2, -0.15) is 4.31 Å². The van der Waals surface area contributed by atoms with Crippen molar-refractivity contribution in [2.45, 2.75) is 44.1 Å². The fourth-order valence-corrected chi connectivity index (χ4v) is 4.80. The fourth-order valence-electron chi connectivity index (χ4n) is 3.27. The van der Waals surface area contributed by atoms with E-state index in [0.29, 0.717) is 18.8 Å². The molecule has 0 aliphatic carbocycles. The number of benzene rings is 1. The van der Waals surface area contributed by atoms with Crippen LogP contribution in [0.2, 0.25) is 0 Å². The molecule has 0 N–H and O–H groups in total. The second-order valence-corrected chi connectivity index (χ2v) is 9.02. The highest BCUT2D eigenvalue weighted by Gasteiger charge is 2.36. The number of ether oxygens (including phenoxy) is 1. The minimum atomic E-state index is -3.62. The summed E-state index contributed by atoms with van der Waals surface area (Å²) in [5.74, 6) is -0.0416. The van der Waals surface area contributed by atoms with E-state index in [2.05, 4.69) is 0 Å². The number of nitrogens with zero attached hydrogens (tertiary/aromatic N) is 3. The molecule has 1 aromatic carbocycles. The zero-order chi connectivity index (χ0) is 19.8. The lowest BCUT2D eigenvalue weighted by Crippen LogP contribution is -2.35. The van der Waals surface area contributed by atoms with Crippen molar-refractivity contribution in [1.82, 2.24) is 9.21 Å². The zero-order valence-electron chi connectivity index (χ0n) is 15.8. The third kappa shape index (κ3) is 3.79. The Labute approximate surface area is 159 Å². The number of carbonyl (C=O) groups is 2. The molecule has 0 radical (unpaired) electrons. The van der Waals surface area contributed by atoms with Crippen LogP contribution in [0, 0.1) is 0 Å². The monoisotopic (exact) mass is 395 g/mol. The summed E-state index contributed by atoms with van der Waals surface area (Å²) >= 11 is 0. The van der Waals surface area contributed by atoms with Crippen LogP contribution >= 0.6 is 0 Å². The molecule has 0 bridgehead atoms. The fraction of sp³-hybridized carbons (Fsp3) is 0.556. The average Bonchev–Trinajstić information content (AvgIpc) is 2.89. The van der Waals surface area contributed by atoms with Gasteiger partial charge < -0.3 is 4.74 Å². The Kier molecular flexibility index (Phi) is 5.43. The van der Waals surface area contributed by atoms with Gasteiger partial charge in [-0.25, -0.2) is 13.2 Å². The SMILES string of the molecule is CC(C)Oc1cc(S(=O)(=O)N2CCCCC2)ccc1N1CC(=O)N(C)C1=O. The smallest absolute Gasteiger partial charge is 0.331 e. The largest absolute Gasteiger partial charge is 0.489 e. The molecule has 9 heteroatoms. The molecular weight excluding hydrogens is 370 g/mol. The normalized spacial score (nSPS) is 19.3. The highest BCUT2D eigenvalue weighted by atomic mass is 32.2. The number of urea groups is 1. The Morgan fingerprint density at radius 3 is 2.30 bits per heavy atom. The third-order valence-electron chi connectivity index (χ3n) is 4.72. The molecule has 0 atom stereocenters. The van der Waals surface area contributed by atoms with Gasteiger partial charge in [0.15, 0.2) is 0 Å². The first-order valence-electron chi connectivity index (χ1n) is 9.10. The second-order valence-electron chi connectivity index (χ2n) is 7.08. The van der Waals surface area contributed by atoms with Gasteiger partial charge in [0.05, 0.1) is 16.7 Å². The number of imide groups is 1. The maximum atomic E-state index is 13.0. The zero-order valence-corrected chi connectivity index (χ0v) is 16.7. The van der Waals surface area contributed by atoms with Crippen LogP contribution in [0.4, 0.5) is 10.5 Å². The molecule has 2 fully saturated rings. The van der Waals surface area contributed by atoms with E-state index >= 15 is 0 Å². The highest BCUT2D eigenvalue weighted by molar-refractivity contribution is 7.89. The van der Waals surface area contributed by atoms with E-state index in [1.807, 2.05) is 13.8 Å². The first kappa shape index (κ1) is 19.6. The van der Waals surface area contributed by atoms with Gasteiger partial charge in [-0.15, -0.1) is 0 Å². The van der Waals surface area contributed by atoms with Crippen molar-refractivity contribution >= 4 is 27.6 Å². The van der Waals surface area contributed by atoms with Crippen molar-refractivity contribution in [3.63, 3.8) is 0 Å². The molecule has 2 aliphatic heterocycles. The van der Waals surface area contributed by atoms with Crippen LogP contribution in [0.25, 0.3) is 0 Å². The van der Waals surface area contributed by atoms with Crippen LogP contribution in [0.1, 0.15) is 33.1 Å². The summed E-state index contributed by atoms with van der Waals surface area (Å²) in [5.41, 5.74) is 0.393. The minimum Gasteiger partial charge on any atom is -0.489 e. The lowest BCUT2D eigenvalue weighted by molar-refractivity contribution is -0.123. The first-order valence-corrected chi connectivity index (χ1v) is 10.5. The minimum absolute atomic E-state index is 0.0952. The number of hydrogen-bond donors (Lipinski definition) is 0. The van der Waals surface area contributed by atoms with Crippen molar-refractivity contribution in [3.05, 3.63) is 18.2 Å². The van der Waals surface area contributed by atoms with Crippen molar-refractivity contribution in [2.75, 3.05) is 31.6 Å². The van der Waals surface area contributed by atoms with Crippen LogP contribution in [-0.2, 0) is 14.8 Å². The number of amides is 3. The van der Waals surface area contributed by atoms with Crippen LogP contribution in [0.5, 0.6) is 5.75 Å². The molecule has 2 aliphatic rings. The number of sulfonamides is 1. The lowest BCUT2D eigenvalue weighted by atomic mass is 10.2. The molecule has 1 aromatic rings. The molecule has 0 spiro atoms. The van der Waals surface area contributed by atoms with E-state index in [1.54, 1.807) is 6.07 Å². The summed E-state index contributed by atoms with van der Waals surface area (Å²) in [6.45, 7) is 4.56. The van der Waals surface area contributed by atoms with Crippen LogP contribution in [0.3, 0.4) is 0 Å². The Morgan fingerprint density at radius 1 is 1.07 bits per heavy atom. The summed E-state index contributed by atoms with van der Waals surface area (Å²) in [4.78, 5) is 26.7. The molecule has 2 heterocycles. The van der Waals surface area contributed by atoms with Gasteiger partial charge in [0, 0.05) is 26.2 Å². The van der Waals surface area contributed by atoms with Crippen molar-refractivity contribution < 1.29 is 22.7 Å². The summed E-state index contributed by atoms with van der Waals surface area (Å²) in [6, 6.07) is 4.01. The molecule has 0 saturated carbocycles. The molecule has 27 heavy (non-hydrogen) atoms. The molecule has 2 saturated heterocycles. The number of carbonyl (C=O) groups excluding carboxylic acids is 2. The Balaban J connectivity index is 1.99. The standard InChI is InChI=1S/C18H25N3O5S/c1-13(2)26-16-11-14(27(24,25)20-9-5-4-6-10-20)7-8-15(16)21-12-17(22)19(3)18(21)23/h7-8,11,13H,4-6,9-10,12H2,1-3H3. The van der Waals surface area contributed by atoms with Gasteiger partial charge in [0.1, 0.15) is 12.3 Å². The number of likely N-dealkylation sites (N-methyl/N-ethyl adjacent to an activating group) is 1. The molecule has 8 nitrogen and oxygen atoms in total. The molecule has 0 unspecified atom stereocenters. The van der Waals surface area contributed by atoms with Gasteiger partial charge in [-0.1, -0.05) is 6.42 Å². The predicted octanol–water partition coefficient (Wildman–Crippen LogP) is 2.05. The third-order valence-corrected chi connectivity index (χ3v) is 6.62. The topological polar surface area (TPSA) is 87.2 Å². The summed E-state index contributed by atoms with van der Waals surface area (Å²) in [5, 5.41) is 0. The van der Waals surface area contributed by atoms with E-state index in [9.17, 15) is 18.0 Å².